The Morgan fingerprint density at radius 1 is 1.09 bits per heavy atom. The molecular formula is C28H44N4O3. The number of amides is 3. The second-order valence-electron chi connectivity index (χ2n) is 11.0. The molecule has 3 amide bonds. The van der Waals surface area contributed by atoms with Crippen molar-refractivity contribution in [1.29, 1.82) is 0 Å². The highest BCUT2D eigenvalue weighted by Gasteiger charge is 2.55. The van der Waals surface area contributed by atoms with Crippen molar-refractivity contribution in [2.75, 3.05) is 40.3 Å². The number of nitrogens with zero attached hydrogens (tertiary/aromatic N) is 3. The smallest absolute Gasteiger partial charge is 0.325 e. The maximum atomic E-state index is 13.7. The molecule has 3 fully saturated rings. The second-order valence-corrected chi connectivity index (χ2v) is 11.0. The standard InChI is InChI=1S/C28H44N4O3/c1-6-12-28(26(33)32(27(34)29-28)16-11-24-8-7-13-30(24)4)23-9-14-31(15-10-23)19-22-17-21(3)25(35-5)18-20(22)2/h17-18,23-24H,6-16,19H2,1-5H3,(H,29,34)/t24-,28-/m1/s1. The van der Waals surface area contributed by atoms with Gasteiger partial charge in [-0.2, -0.15) is 0 Å². The Morgan fingerprint density at radius 3 is 2.46 bits per heavy atom. The number of nitrogens with one attached hydrogen (secondary N) is 1. The highest BCUT2D eigenvalue weighted by molar-refractivity contribution is 6.07. The summed E-state index contributed by atoms with van der Waals surface area (Å²) in [6, 6.07) is 4.65. The third-order valence-corrected chi connectivity index (χ3v) is 8.74. The van der Waals surface area contributed by atoms with Gasteiger partial charge in [0.05, 0.1) is 7.11 Å². The van der Waals surface area contributed by atoms with E-state index < -0.39 is 5.54 Å². The van der Waals surface area contributed by atoms with Crippen molar-refractivity contribution in [2.24, 2.45) is 5.92 Å². The van der Waals surface area contributed by atoms with E-state index in [1.807, 2.05) is 0 Å². The molecule has 3 aliphatic heterocycles. The number of urea groups is 1. The van der Waals surface area contributed by atoms with Crippen molar-refractivity contribution in [3.8, 4) is 5.75 Å². The van der Waals surface area contributed by atoms with E-state index in [0.29, 0.717) is 12.6 Å². The first-order chi connectivity index (χ1) is 16.8. The molecule has 194 valence electrons. The van der Waals surface area contributed by atoms with Crippen LogP contribution in [0.3, 0.4) is 0 Å². The van der Waals surface area contributed by atoms with Crippen LogP contribution in [0, 0.1) is 19.8 Å². The van der Waals surface area contributed by atoms with Crippen LogP contribution in [0.1, 0.15) is 68.6 Å². The Bertz CT molecular complexity index is 927. The number of ether oxygens (including phenoxy) is 1. The van der Waals surface area contributed by atoms with E-state index in [1.54, 1.807) is 7.11 Å². The molecule has 0 spiro atoms. The maximum Gasteiger partial charge on any atom is 0.325 e. The van der Waals surface area contributed by atoms with E-state index in [-0.39, 0.29) is 17.9 Å². The number of hydrogen-bond acceptors (Lipinski definition) is 5. The first-order valence-corrected chi connectivity index (χ1v) is 13.5. The highest BCUT2D eigenvalue weighted by Crippen LogP contribution is 2.38. The number of piperidine rings is 1. The average Bonchev–Trinajstić information content (AvgIpc) is 3.35. The molecule has 0 radical (unpaired) electrons. The lowest BCUT2D eigenvalue weighted by atomic mass is 9.74. The van der Waals surface area contributed by atoms with E-state index in [9.17, 15) is 9.59 Å². The van der Waals surface area contributed by atoms with Crippen LogP contribution in [0.5, 0.6) is 5.75 Å². The minimum Gasteiger partial charge on any atom is -0.496 e. The molecule has 0 aromatic heterocycles. The third kappa shape index (κ3) is 5.21. The van der Waals surface area contributed by atoms with Crippen LogP contribution in [0.15, 0.2) is 12.1 Å². The van der Waals surface area contributed by atoms with Crippen LogP contribution < -0.4 is 10.1 Å². The Morgan fingerprint density at radius 2 is 1.83 bits per heavy atom. The quantitative estimate of drug-likeness (QED) is 0.535. The van der Waals surface area contributed by atoms with Crippen molar-refractivity contribution in [2.45, 2.75) is 83.8 Å². The molecule has 7 heteroatoms. The lowest BCUT2D eigenvalue weighted by molar-refractivity contribution is -0.134. The molecule has 1 aromatic rings. The van der Waals surface area contributed by atoms with Gasteiger partial charge in [-0.3, -0.25) is 14.6 Å². The topological polar surface area (TPSA) is 65.1 Å². The molecule has 7 nitrogen and oxygen atoms in total. The van der Waals surface area contributed by atoms with Gasteiger partial charge in [0.2, 0.25) is 0 Å². The number of hydrogen-bond donors (Lipinski definition) is 1. The number of imide groups is 1. The summed E-state index contributed by atoms with van der Waals surface area (Å²) in [6.45, 7) is 10.8. The van der Waals surface area contributed by atoms with Gasteiger partial charge in [0.15, 0.2) is 0 Å². The van der Waals surface area contributed by atoms with Gasteiger partial charge in [-0.25, -0.2) is 4.79 Å². The minimum absolute atomic E-state index is 0.0186. The largest absolute Gasteiger partial charge is 0.496 e. The summed E-state index contributed by atoms with van der Waals surface area (Å²) in [5.41, 5.74) is 3.01. The molecule has 3 aliphatic rings. The van der Waals surface area contributed by atoms with E-state index >= 15 is 0 Å². The Hall–Kier alpha value is -2.12. The highest BCUT2D eigenvalue weighted by atomic mass is 16.5. The van der Waals surface area contributed by atoms with Crippen LogP contribution in [-0.4, -0.2) is 78.6 Å². The summed E-state index contributed by atoms with van der Waals surface area (Å²) >= 11 is 0. The third-order valence-electron chi connectivity index (χ3n) is 8.74. The minimum atomic E-state index is -0.730. The Kier molecular flexibility index (Phi) is 8.06. The SMILES string of the molecule is CCC[C@]1(C2CCN(Cc3cc(C)c(OC)cc3C)CC2)NC(=O)N(CC[C@H]2CCCN2C)C1=O. The fourth-order valence-corrected chi connectivity index (χ4v) is 6.58. The molecule has 0 aliphatic carbocycles. The summed E-state index contributed by atoms with van der Waals surface area (Å²) in [6.07, 6.45) is 6.70. The molecule has 0 saturated carbocycles. The molecule has 1 N–H and O–H groups in total. The van der Waals surface area contributed by atoms with Gasteiger partial charge in [0, 0.05) is 19.1 Å². The first kappa shape index (κ1) is 26.0. The monoisotopic (exact) mass is 484 g/mol. The van der Waals surface area contributed by atoms with Gasteiger partial charge in [-0.1, -0.05) is 19.4 Å². The second kappa shape index (κ2) is 10.9. The van der Waals surface area contributed by atoms with Crippen molar-refractivity contribution in [3.05, 3.63) is 28.8 Å². The maximum absolute atomic E-state index is 13.7. The van der Waals surface area contributed by atoms with Crippen LogP contribution >= 0.6 is 0 Å². The molecule has 35 heavy (non-hydrogen) atoms. The molecule has 0 unspecified atom stereocenters. The fourth-order valence-electron chi connectivity index (χ4n) is 6.58. The summed E-state index contributed by atoms with van der Waals surface area (Å²) in [5.74, 6) is 1.14. The summed E-state index contributed by atoms with van der Waals surface area (Å²) in [7, 11) is 3.86. The summed E-state index contributed by atoms with van der Waals surface area (Å²) in [4.78, 5) is 33.1. The van der Waals surface area contributed by atoms with E-state index in [4.69, 9.17) is 4.74 Å². The van der Waals surface area contributed by atoms with Crippen molar-refractivity contribution in [3.63, 3.8) is 0 Å². The van der Waals surface area contributed by atoms with Crippen molar-refractivity contribution in [1.82, 2.24) is 20.0 Å². The van der Waals surface area contributed by atoms with Gasteiger partial charge >= 0.3 is 6.03 Å². The van der Waals surface area contributed by atoms with Crippen LogP contribution in [0.2, 0.25) is 0 Å². The summed E-state index contributed by atoms with van der Waals surface area (Å²) in [5, 5.41) is 3.21. The normalized spacial score (nSPS) is 26.5. The van der Waals surface area contributed by atoms with Gasteiger partial charge in [-0.05, 0) is 108 Å². The van der Waals surface area contributed by atoms with Crippen LogP contribution in [-0.2, 0) is 11.3 Å². The molecular weight excluding hydrogens is 440 g/mol. The summed E-state index contributed by atoms with van der Waals surface area (Å²) < 4.78 is 5.47. The molecule has 0 bridgehead atoms. The zero-order valence-corrected chi connectivity index (χ0v) is 22.4. The first-order valence-electron chi connectivity index (χ1n) is 13.5. The Labute approximate surface area is 211 Å². The molecule has 4 rings (SSSR count). The lowest BCUT2D eigenvalue weighted by Gasteiger charge is -2.41. The zero-order valence-electron chi connectivity index (χ0n) is 22.4. The molecule has 3 heterocycles. The van der Waals surface area contributed by atoms with Gasteiger partial charge in [0.1, 0.15) is 11.3 Å². The Balaban J connectivity index is 1.40. The number of aryl methyl sites for hydroxylation is 2. The van der Waals surface area contributed by atoms with E-state index in [0.717, 1.165) is 76.0 Å². The van der Waals surface area contributed by atoms with Gasteiger partial charge < -0.3 is 15.0 Å². The predicted octanol–water partition coefficient (Wildman–Crippen LogP) is 4.10. The molecule has 2 atom stereocenters. The zero-order chi connectivity index (χ0) is 25.2. The van der Waals surface area contributed by atoms with Crippen LogP contribution in [0.4, 0.5) is 4.79 Å². The van der Waals surface area contributed by atoms with E-state index in [2.05, 4.69) is 55.1 Å². The van der Waals surface area contributed by atoms with Gasteiger partial charge in [-0.15, -0.1) is 0 Å². The van der Waals surface area contributed by atoms with E-state index in [1.165, 1.54) is 22.4 Å². The number of carbonyl (C=O) groups excluding carboxylic acids is 2. The number of methoxy groups -OCH3 is 1. The van der Waals surface area contributed by atoms with Crippen LogP contribution in [0.25, 0.3) is 0 Å². The number of likely N-dealkylation sites (tertiary alicyclic amines) is 2. The predicted molar refractivity (Wildman–Crippen MR) is 139 cm³/mol. The molecule has 3 saturated heterocycles. The van der Waals surface area contributed by atoms with Crippen molar-refractivity contribution < 1.29 is 14.3 Å². The van der Waals surface area contributed by atoms with Crippen molar-refractivity contribution >= 4 is 11.9 Å². The number of rotatable bonds is 9. The number of carbonyl (C=O) groups is 2. The number of benzene rings is 1. The fraction of sp³-hybridized carbons (Fsp3) is 0.714. The lowest BCUT2D eigenvalue weighted by Crippen LogP contribution is -2.56. The average molecular weight is 485 g/mol. The molecule has 1 aromatic carbocycles. The van der Waals surface area contributed by atoms with Gasteiger partial charge in [0.25, 0.3) is 5.91 Å².